The Labute approximate surface area is 210 Å². The number of alkyl halides is 2. The number of piperazine rings is 1. The van der Waals surface area contributed by atoms with Crippen LogP contribution in [0.25, 0.3) is 0 Å². The van der Waals surface area contributed by atoms with Crippen LogP contribution in [-0.2, 0) is 24.2 Å². The molecule has 3 heterocycles. The van der Waals surface area contributed by atoms with Crippen molar-refractivity contribution in [3.05, 3.63) is 46.3 Å². The van der Waals surface area contributed by atoms with E-state index in [1.165, 1.54) is 16.8 Å². The van der Waals surface area contributed by atoms with E-state index in [9.17, 15) is 18.4 Å². The second-order valence-electron chi connectivity index (χ2n) is 10.3. The molecule has 0 bridgehead atoms. The number of benzene rings is 1. The van der Waals surface area contributed by atoms with Crippen LogP contribution in [0.2, 0.25) is 0 Å². The van der Waals surface area contributed by atoms with Gasteiger partial charge in [0.15, 0.2) is 5.69 Å². The number of rotatable bonds is 4. The molecule has 2 N–H and O–H groups in total. The maximum atomic E-state index is 14.2. The molecule has 1 aromatic heterocycles. The highest BCUT2D eigenvalue weighted by molar-refractivity contribution is 5.94. The van der Waals surface area contributed by atoms with Gasteiger partial charge >= 0.3 is 0 Å². The number of aryl methyl sites for hydroxylation is 1. The number of piperidine rings is 1. The standard InChI is InChI=1S/C26H34F2N6O2/c1-17-5-3-7-20(18(17)2)31-11-13-32(14-12-31)23(35)15-34-21-8-4-6-19(21)24(30-34)25(36)33-10-9-22(29)26(27,28)16-33/h3,5,7,22H,4,6,8-16,29H2,1-2H3/t22-/m0/s1. The van der Waals surface area contributed by atoms with Gasteiger partial charge in [0.25, 0.3) is 11.8 Å². The van der Waals surface area contributed by atoms with Crippen molar-refractivity contribution in [2.75, 3.05) is 44.2 Å². The Morgan fingerprint density at radius 3 is 2.56 bits per heavy atom. The SMILES string of the molecule is Cc1cccc(N2CCN(C(=O)Cn3nc(C(=O)N4CC[C@H](N)C(F)(F)C4)c4c3CCC4)CC2)c1C. The highest BCUT2D eigenvalue weighted by atomic mass is 19.3. The molecule has 1 atom stereocenters. The van der Waals surface area contributed by atoms with Crippen LogP contribution >= 0.6 is 0 Å². The van der Waals surface area contributed by atoms with Gasteiger partial charge in [0.2, 0.25) is 5.91 Å². The van der Waals surface area contributed by atoms with Gasteiger partial charge in [-0.1, -0.05) is 12.1 Å². The number of carbonyl (C=O) groups excluding carboxylic acids is 2. The minimum atomic E-state index is -3.12. The van der Waals surface area contributed by atoms with Crippen LogP contribution in [0, 0.1) is 13.8 Å². The lowest BCUT2D eigenvalue weighted by atomic mass is 10.0. The van der Waals surface area contributed by atoms with E-state index in [2.05, 4.69) is 42.0 Å². The molecule has 1 aliphatic carbocycles. The average molecular weight is 501 g/mol. The fourth-order valence-electron chi connectivity index (χ4n) is 5.59. The van der Waals surface area contributed by atoms with E-state index in [-0.39, 0.29) is 31.1 Å². The summed E-state index contributed by atoms with van der Waals surface area (Å²) in [4.78, 5) is 31.6. The predicted octanol–water partition coefficient (Wildman–Crippen LogP) is 2.15. The largest absolute Gasteiger partial charge is 0.368 e. The molecule has 2 aliphatic heterocycles. The number of hydrogen-bond acceptors (Lipinski definition) is 5. The number of amides is 2. The molecule has 2 aromatic rings. The first-order valence-corrected chi connectivity index (χ1v) is 12.8. The summed E-state index contributed by atoms with van der Waals surface area (Å²) in [6.45, 7) is 6.50. The van der Waals surface area contributed by atoms with Crippen molar-refractivity contribution < 1.29 is 18.4 Å². The Balaban J connectivity index is 1.26. The first kappa shape index (κ1) is 24.7. The summed E-state index contributed by atoms with van der Waals surface area (Å²) in [5, 5.41) is 4.48. The number of halogens is 2. The van der Waals surface area contributed by atoms with Crippen LogP contribution in [0.4, 0.5) is 14.5 Å². The number of hydrogen-bond donors (Lipinski definition) is 1. The molecule has 2 amide bonds. The van der Waals surface area contributed by atoms with E-state index in [1.807, 2.05) is 4.90 Å². The fraction of sp³-hybridized carbons (Fsp3) is 0.577. The molecule has 194 valence electrons. The van der Waals surface area contributed by atoms with Crippen molar-refractivity contribution in [3.63, 3.8) is 0 Å². The van der Waals surface area contributed by atoms with Crippen LogP contribution in [0.3, 0.4) is 0 Å². The van der Waals surface area contributed by atoms with E-state index >= 15 is 0 Å². The zero-order valence-corrected chi connectivity index (χ0v) is 21.0. The van der Waals surface area contributed by atoms with Gasteiger partial charge in [-0.05, 0) is 56.7 Å². The van der Waals surface area contributed by atoms with Gasteiger partial charge in [-0.15, -0.1) is 0 Å². The lowest BCUT2D eigenvalue weighted by Crippen LogP contribution is -2.56. The zero-order valence-electron chi connectivity index (χ0n) is 21.0. The summed E-state index contributed by atoms with van der Waals surface area (Å²) in [6, 6.07) is 5.05. The number of aromatic nitrogens is 2. The number of anilines is 1. The van der Waals surface area contributed by atoms with Crippen molar-refractivity contribution in [1.82, 2.24) is 19.6 Å². The van der Waals surface area contributed by atoms with Gasteiger partial charge in [-0.3, -0.25) is 14.3 Å². The average Bonchev–Trinajstić information content (AvgIpc) is 3.46. The predicted molar refractivity (Wildman–Crippen MR) is 132 cm³/mol. The number of nitrogens with zero attached hydrogens (tertiary/aromatic N) is 5. The number of fused-ring (bicyclic) bond motifs is 1. The normalized spacial score (nSPS) is 21.6. The summed E-state index contributed by atoms with van der Waals surface area (Å²) >= 11 is 0. The summed E-state index contributed by atoms with van der Waals surface area (Å²) in [6.07, 6.45) is 2.30. The third kappa shape index (κ3) is 4.47. The van der Waals surface area contributed by atoms with Gasteiger partial charge in [-0.2, -0.15) is 5.10 Å². The minimum Gasteiger partial charge on any atom is -0.368 e. The smallest absolute Gasteiger partial charge is 0.280 e. The van der Waals surface area contributed by atoms with Crippen molar-refractivity contribution >= 4 is 17.5 Å². The van der Waals surface area contributed by atoms with Crippen LogP contribution in [0.1, 0.15) is 45.7 Å². The molecule has 3 aliphatic rings. The molecule has 0 radical (unpaired) electrons. The summed E-state index contributed by atoms with van der Waals surface area (Å²) in [5.74, 6) is -3.65. The quantitative estimate of drug-likeness (QED) is 0.695. The van der Waals surface area contributed by atoms with Crippen LogP contribution in [0.5, 0.6) is 0 Å². The Hall–Kier alpha value is -3.01. The van der Waals surface area contributed by atoms with Crippen molar-refractivity contribution in [2.24, 2.45) is 5.73 Å². The lowest BCUT2D eigenvalue weighted by molar-refractivity contribution is -0.132. The third-order valence-corrected chi connectivity index (χ3v) is 7.98. The second-order valence-corrected chi connectivity index (χ2v) is 10.3. The van der Waals surface area contributed by atoms with Gasteiger partial charge in [-0.25, -0.2) is 8.78 Å². The molecular formula is C26H34F2N6O2. The van der Waals surface area contributed by atoms with Crippen molar-refractivity contribution in [3.8, 4) is 0 Å². The van der Waals surface area contributed by atoms with Crippen LogP contribution in [-0.4, -0.2) is 82.6 Å². The Kier molecular flexibility index (Phi) is 6.48. The van der Waals surface area contributed by atoms with E-state index in [0.29, 0.717) is 19.5 Å². The number of likely N-dealkylation sites (tertiary alicyclic amines) is 1. The Morgan fingerprint density at radius 1 is 1.08 bits per heavy atom. The van der Waals surface area contributed by atoms with E-state index in [1.54, 1.807) is 4.68 Å². The van der Waals surface area contributed by atoms with Crippen molar-refractivity contribution in [2.45, 2.75) is 58.0 Å². The van der Waals surface area contributed by atoms with Crippen LogP contribution < -0.4 is 10.6 Å². The fourth-order valence-corrected chi connectivity index (χ4v) is 5.59. The summed E-state index contributed by atoms with van der Waals surface area (Å²) in [5.41, 5.74) is 11.1. The topological polar surface area (TPSA) is 87.7 Å². The van der Waals surface area contributed by atoms with E-state index in [0.717, 1.165) is 42.1 Å². The maximum Gasteiger partial charge on any atom is 0.280 e. The zero-order chi connectivity index (χ0) is 25.6. The monoisotopic (exact) mass is 500 g/mol. The molecule has 2 saturated heterocycles. The summed E-state index contributed by atoms with van der Waals surface area (Å²) < 4.78 is 29.9. The Morgan fingerprint density at radius 2 is 1.83 bits per heavy atom. The first-order valence-electron chi connectivity index (χ1n) is 12.8. The molecule has 2 fully saturated rings. The number of nitrogens with two attached hydrogens (primary N) is 1. The first-order chi connectivity index (χ1) is 17.2. The third-order valence-electron chi connectivity index (χ3n) is 7.98. The highest BCUT2D eigenvalue weighted by Crippen LogP contribution is 2.30. The molecule has 0 saturated carbocycles. The maximum absolute atomic E-state index is 14.2. The molecule has 10 heteroatoms. The molecule has 0 spiro atoms. The summed E-state index contributed by atoms with van der Waals surface area (Å²) in [7, 11) is 0. The van der Waals surface area contributed by atoms with Gasteiger partial charge < -0.3 is 20.4 Å². The van der Waals surface area contributed by atoms with Gasteiger partial charge in [0, 0.05) is 49.7 Å². The van der Waals surface area contributed by atoms with E-state index < -0.39 is 24.4 Å². The second kappa shape index (κ2) is 9.46. The lowest BCUT2D eigenvalue weighted by Gasteiger charge is -2.37. The molecule has 5 rings (SSSR count). The van der Waals surface area contributed by atoms with Gasteiger partial charge in [0.1, 0.15) is 6.54 Å². The molecule has 1 aromatic carbocycles. The van der Waals surface area contributed by atoms with E-state index in [4.69, 9.17) is 5.73 Å². The molecule has 8 nitrogen and oxygen atoms in total. The Bertz CT molecular complexity index is 1170. The molecular weight excluding hydrogens is 466 g/mol. The highest BCUT2D eigenvalue weighted by Gasteiger charge is 2.45. The molecule has 0 unspecified atom stereocenters. The number of carbonyl (C=O) groups is 2. The molecule has 36 heavy (non-hydrogen) atoms. The minimum absolute atomic E-state index is 0.0395. The van der Waals surface area contributed by atoms with Crippen LogP contribution in [0.15, 0.2) is 18.2 Å². The van der Waals surface area contributed by atoms with Crippen molar-refractivity contribution in [1.29, 1.82) is 0 Å². The van der Waals surface area contributed by atoms with Gasteiger partial charge in [0.05, 0.1) is 12.6 Å².